The lowest BCUT2D eigenvalue weighted by Crippen LogP contribution is -1.89. The molecule has 0 amide bonds. The predicted molar refractivity (Wildman–Crippen MR) is 50.6 cm³/mol. The molecule has 1 aromatic heterocycles. The Labute approximate surface area is 77.9 Å². The van der Waals surface area contributed by atoms with Gasteiger partial charge in [-0.1, -0.05) is 12.1 Å². The molecule has 0 unspecified atom stereocenters. The highest BCUT2D eigenvalue weighted by atomic mass is 79.9. The molecular formula is C9H7BrFN. The van der Waals surface area contributed by atoms with E-state index in [2.05, 4.69) is 15.9 Å². The van der Waals surface area contributed by atoms with E-state index in [0.29, 0.717) is 5.52 Å². The molecule has 12 heavy (non-hydrogen) atoms. The van der Waals surface area contributed by atoms with Gasteiger partial charge in [-0.25, -0.2) is 4.39 Å². The molecule has 0 saturated carbocycles. The van der Waals surface area contributed by atoms with E-state index < -0.39 is 0 Å². The van der Waals surface area contributed by atoms with Gasteiger partial charge in [-0.3, -0.25) is 0 Å². The van der Waals surface area contributed by atoms with Gasteiger partial charge in [0.25, 0.3) is 0 Å². The fourth-order valence-electron chi connectivity index (χ4n) is 1.33. The van der Waals surface area contributed by atoms with E-state index in [1.54, 1.807) is 10.6 Å². The van der Waals surface area contributed by atoms with Gasteiger partial charge in [0.1, 0.15) is 5.82 Å². The van der Waals surface area contributed by atoms with E-state index >= 15 is 0 Å². The minimum Gasteiger partial charge on any atom is -0.336 e. The smallest absolute Gasteiger partial charge is 0.147 e. The van der Waals surface area contributed by atoms with Crippen LogP contribution in [-0.4, -0.2) is 4.57 Å². The van der Waals surface area contributed by atoms with Crippen LogP contribution in [0.2, 0.25) is 0 Å². The molecule has 0 aliphatic carbocycles. The summed E-state index contributed by atoms with van der Waals surface area (Å²) in [5.41, 5.74) is 0.643. The van der Waals surface area contributed by atoms with Crippen molar-refractivity contribution in [2.75, 3.05) is 0 Å². The van der Waals surface area contributed by atoms with Crippen molar-refractivity contribution in [3.63, 3.8) is 0 Å². The summed E-state index contributed by atoms with van der Waals surface area (Å²) in [6, 6.07) is 6.97. The van der Waals surface area contributed by atoms with E-state index in [1.807, 2.05) is 19.2 Å². The Morgan fingerprint density at radius 1 is 1.42 bits per heavy atom. The van der Waals surface area contributed by atoms with Crippen molar-refractivity contribution in [1.29, 1.82) is 0 Å². The number of halogens is 2. The van der Waals surface area contributed by atoms with Gasteiger partial charge in [0.2, 0.25) is 0 Å². The predicted octanol–water partition coefficient (Wildman–Crippen LogP) is 3.08. The highest BCUT2D eigenvalue weighted by molar-refractivity contribution is 9.10. The molecule has 0 aliphatic heterocycles. The number of hydrogen-bond donors (Lipinski definition) is 0. The third-order valence-electron chi connectivity index (χ3n) is 1.95. The monoisotopic (exact) mass is 227 g/mol. The van der Waals surface area contributed by atoms with E-state index in [-0.39, 0.29) is 5.82 Å². The zero-order valence-corrected chi connectivity index (χ0v) is 8.10. The lowest BCUT2D eigenvalue weighted by atomic mass is 10.2. The van der Waals surface area contributed by atoms with E-state index in [4.69, 9.17) is 0 Å². The zero-order valence-electron chi connectivity index (χ0n) is 6.51. The van der Waals surface area contributed by atoms with E-state index in [1.165, 1.54) is 6.07 Å². The number of hydrogen-bond acceptors (Lipinski definition) is 0. The molecule has 2 aromatic rings. The Hall–Kier alpha value is -0.830. The third kappa shape index (κ3) is 0.966. The second-order valence-corrected chi connectivity index (χ2v) is 3.52. The molecule has 1 nitrogen and oxygen atoms in total. The normalized spacial score (nSPS) is 10.9. The van der Waals surface area contributed by atoms with Crippen LogP contribution in [0.5, 0.6) is 0 Å². The molecule has 0 spiro atoms. The van der Waals surface area contributed by atoms with Gasteiger partial charge in [-0.2, -0.15) is 0 Å². The molecule has 2 rings (SSSR count). The van der Waals surface area contributed by atoms with Gasteiger partial charge < -0.3 is 4.57 Å². The summed E-state index contributed by atoms with van der Waals surface area (Å²) in [5, 5.41) is 0.921. The number of nitrogens with zero attached hydrogens (tertiary/aromatic N) is 1. The van der Waals surface area contributed by atoms with Crippen molar-refractivity contribution < 1.29 is 4.39 Å². The lowest BCUT2D eigenvalue weighted by Gasteiger charge is -1.97. The second kappa shape index (κ2) is 2.59. The first-order chi connectivity index (χ1) is 5.70. The minimum absolute atomic E-state index is 0.180. The average molecular weight is 228 g/mol. The summed E-state index contributed by atoms with van der Waals surface area (Å²) < 4.78 is 15.9. The van der Waals surface area contributed by atoms with Crippen LogP contribution in [0.1, 0.15) is 0 Å². The molecular weight excluding hydrogens is 221 g/mol. The van der Waals surface area contributed by atoms with Gasteiger partial charge >= 0.3 is 0 Å². The standard InChI is InChI=1S/C9H7BrFN/c1-12-8(10)5-6-3-2-4-7(11)9(6)12/h2-5H,1H3. The minimum atomic E-state index is -0.180. The maximum Gasteiger partial charge on any atom is 0.147 e. The maximum absolute atomic E-state index is 13.2. The molecule has 0 bridgehead atoms. The van der Waals surface area contributed by atoms with Crippen LogP contribution in [0.15, 0.2) is 28.9 Å². The first-order valence-electron chi connectivity index (χ1n) is 3.59. The fraction of sp³-hybridized carbons (Fsp3) is 0.111. The molecule has 0 N–H and O–H groups in total. The summed E-state index contributed by atoms with van der Waals surface area (Å²) in [7, 11) is 1.83. The summed E-state index contributed by atoms with van der Waals surface area (Å²) in [6.07, 6.45) is 0. The molecule has 1 aromatic carbocycles. The van der Waals surface area contributed by atoms with Crippen molar-refractivity contribution in [3.05, 3.63) is 34.7 Å². The third-order valence-corrected chi connectivity index (χ3v) is 2.71. The summed E-state index contributed by atoms with van der Waals surface area (Å²) in [4.78, 5) is 0. The number of fused-ring (bicyclic) bond motifs is 1. The van der Waals surface area contributed by atoms with Gasteiger partial charge in [0.05, 0.1) is 10.1 Å². The van der Waals surface area contributed by atoms with Crippen molar-refractivity contribution in [3.8, 4) is 0 Å². The molecule has 0 saturated heterocycles. The quantitative estimate of drug-likeness (QED) is 0.652. The average Bonchev–Trinajstić information content (AvgIpc) is 2.29. The van der Waals surface area contributed by atoms with Crippen LogP contribution in [0.25, 0.3) is 10.9 Å². The molecule has 0 atom stereocenters. The Morgan fingerprint density at radius 3 is 2.83 bits per heavy atom. The van der Waals surface area contributed by atoms with Gasteiger partial charge in [-0.05, 0) is 28.1 Å². The molecule has 0 fully saturated rings. The first kappa shape index (κ1) is 7.80. The van der Waals surface area contributed by atoms with Crippen molar-refractivity contribution in [2.45, 2.75) is 0 Å². The van der Waals surface area contributed by atoms with Crippen molar-refractivity contribution >= 4 is 26.8 Å². The highest BCUT2D eigenvalue weighted by Gasteiger charge is 2.06. The van der Waals surface area contributed by atoms with E-state index in [9.17, 15) is 4.39 Å². The molecule has 1 heterocycles. The van der Waals surface area contributed by atoms with Gasteiger partial charge in [0, 0.05) is 12.4 Å². The van der Waals surface area contributed by atoms with Crippen LogP contribution in [0.4, 0.5) is 4.39 Å². The number of para-hydroxylation sites is 1. The molecule has 0 aliphatic rings. The Kier molecular flexibility index (Phi) is 1.68. The molecule has 62 valence electrons. The van der Waals surface area contributed by atoms with Gasteiger partial charge in [-0.15, -0.1) is 0 Å². The number of rotatable bonds is 0. The fourth-order valence-corrected chi connectivity index (χ4v) is 1.76. The Morgan fingerprint density at radius 2 is 2.17 bits per heavy atom. The van der Waals surface area contributed by atoms with Crippen molar-refractivity contribution in [2.24, 2.45) is 7.05 Å². The number of aryl methyl sites for hydroxylation is 1. The molecule has 0 radical (unpaired) electrons. The van der Waals surface area contributed by atoms with Gasteiger partial charge in [0.15, 0.2) is 0 Å². The van der Waals surface area contributed by atoms with Crippen LogP contribution in [0.3, 0.4) is 0 Å². The van der Waals surface area contributed by atoms with E-state index in [0.717, 1.165) is 9.99 Å². The Bertz CT molecular complexity index is 433. The van der Waals surface area contributed by atoms with Crippen LogP contribution >= 0.6 is 15.9 Å². The maximum atomic E-state index is 13.2. The second-order valence-electron chi connectivity index (χ2n) is 2.70. The summed E-state index contributed by atoms with van der Waals surface area (Å²) >= 11 is 3.34. The number of aromatic nitrogens is 1. The van der Waals surface area contributed by atoms with Crippen molar-refractivity contribution in [1.82, 2.24) is 4.57 Å². The topological polar surface area (TPSA) is 4.93 Å². The van der Waals surface area contributed by atoms with Crippen LogP contribution < -0.4 is 0 Å². The SMILES string of the molecule is Cn1c(Br)cc2cccc(F)c21. The first-order valence-corrected chi connectivity index (χ1v) is 4.39. The van der Waals surface area contributed by atoms with Crippen LogP contribution in [0, 0.1) is 5.82 Å². The van der Waals surface area contributed by atoms with Crippen LogP contribution in [-0.2, 0) is 7.05 Å². The zero-order chi connectivity index (χ0) is 8.72. The summed E-state index contributed by atoms with van der Waals surface area (Å²) in [5.74, 6) is -0.180. The summed E-state index contributed by atoms with van der Waals surface area (Å²) in [6.45, 7) is 0. The Balaban J connectivity index is 2.97. The number of benzene rings is 1. The largest absolute Gasteiger partial charge is 0.336 e. The molecule has 3 heteroatoms. The highest BCUT2D eigenvalue weighted by Crippen LogP contribution is 2.24. The lowest BCUT2D eigenvalue weighted by molar-refractivity contribution is 0.631.